The van der Waals surface area contributed by atoms with Crippen LogP contribution in [0.3, 0.4) is 0 Å². The molecule has 4 rings (SSSR count). The van der Waals surface area contributed by atoms with E-state index in [1.165, 1.54) is 5.56 Å². The van der Waals surface area contributed by atoms with Gasteiger partial charge in [-0.15, -0.1) is 0 Å². The number of hydrogen-bond donors (Lipinski definition) is 1. The number of anilines is 1. The molecular weight excluding hydrogens is 436 g/mol. The second kappa shape index (κ2) is 9.01. The van der Waals surface area contributed by atoms with Gasteiger partial charge >= 0.3 is 0 Å². The Balaban J connectivity index is 1.71. The molecule has 0 amide bonds. The lowest BCUT2D eigenvalue weighted by atomic mass is 10.1. The zero-order valence-corrected chi connectivity index (χ0v) is 18.4. The number of hydrogen-bond acceptors (Lipinski definition) is 4. The number of aromatic nitrogens is 2. The van der Waals surface area contributed by atoms with Gasteiger partial charge in [0.15, 0.2) is 11.6 Å². The monoisotopic (exact) mass is 456 g/mol. The Bertz CT molecular complexity index is 1170. The molecule has 0 aliphatic rings. The first-order valence-corrected chi connectivity index (χ1v) is 10.5. The predicted octanol–water partition coefficient (Wildman–Crippen LogP) is 6.72. The molecule has 0 saturated heterocycles. The average molecular weight is 457 g/mol. The summed E-state index contributed by atoms with van der Waals surface area (Å²) in [7, 11) is 0. The van der Waals surface area contributed by atoms with Crippen LogP contribution in [0.25, 0.3) is 22.6 Å². The van der Waals surface area contributed by atoms with Crippen LogP contribution < -0.4 is 5.43 Å². The lowest BCUT2D eigenvalue weighted by Crippen LogP contribution is -2.03. The Kier molecular flexibility index (Phi) is 6.00. The van der Waals surface area contributed by atoms with Crippen LogP contribution in [-0.4, -0.2) is 15.7 Å². The lowest BCUT2D eigenvalue weighted by molar-refractivity contribution is 1.15. The van der Waals surface area contributed by atoms with Gasteiger partial charge < -0.3 is 0 Å². The molecule has 0 fully saturated rings. The summed E-state index contributed by atoms with van der Waals surface area (Å²) in [5.41, 5.74) is 9.11. The SMILES string of the molecule is C/C(=N/Nc1cc(-c2ccccc2)nc(-c2ccc(Br)cc2)n1)c1ccc(C)cc1. The van der Waals surface area contributed by atoms with Crippen LogP contribution in [0.5, 0.6) is 0 Å². The van der Waals surface area contributed by atoms with Gasteiger partial charge in [0.2, 0.25) is 0 Å². The van der Waals surface area contributed by atoms with E-state index in [0.717, 1.165) is 32.6 Å². The average Bonchev–Trinajstić information content (AvgIpc) is 2.79. The van der Waals surface area contributed by atoms with Gasteiger partial charge in [0.05, 0.1) is 11.4 Å². The fraction of sp³-hybridized carbons (Fsp3) is 0.0800. The molecule has 0 aliphatic heterocycles. The molecule has 0 bridgehead atoms. The third kappa shape index (κ3) is 4.81. The number of nitrogens with one attached hydrogen (secondary N) is 1. The molecule has 0 saturated carbocycles. The minimum absolute atomic E-state index is 0.647. The summed E-state index contributed by atoms with van der Waals surface area (Å²) in [5.74, 6) is 1.29. The van der Waals surface area contributed by atoms with Crippen molar-refractivity contribution in [1.82, 2.24) is 9.97 Å². The fourth-order valence-electron chi connectivity index (χ4n) is 2.99. The molecule has 30 heavy (non-hydrogen) atoms. The maximum Gasteiger partial charge on any atom is 0.162 e. The molecule has 0 spiro atoms. The van der Waals surface area contributed by atoms with Gasteiger partial charge in [-0.3, -0.25) is 5.43 Å². The zero-order chi connectivity index (χ0) is 20.9. The smallest absolute Gasteiger partial charge is 0.162 e. The molecule has 0 atom stereocenters. The highest BCUT2D eigenvalue weighted by Gasteiger charge is 2.09. The van der Waals surface area contributed by atoms with E-state index < -0.39 is 0 Å². The Morgan fingerprint density at radius 2 is 1.53 bits per heavy atom. The van der Waals surface area contributed by atoms with Crippen molar-refractivity contribution < 1.29 is 0 Å². The van der Waals surface area contributed by atoms with Gasteiger partial charge in [0.1, 0.15) is 0 Å². The largest absolute Gasteiger partial charge is 0.261 e. The third-order valence-electron chi connectivity index (χ3n) is 4.71. The van der Waals surface area contributed by atoms with Crippen molar-refractivity contribution in [3.8, 4) is 22.6 Å². The van der Waals surface area contributed by atoms with E-state index in [9.17, 15) is 0 Å². The topological polar surface area (TPSA) is 50.2 Å². The van der Waals surface area contributed by atoms with Gasteiger partial charge in [-0.05, 0) is 31.5 Å². The van der Waals surface area contributed by atoms with E-state index >= 15 is 0 Å². The second-order valence-electron chi connectivity index (χ2n) is 7.01. The minimum Gasteiger partial charge on any atom is -0.261 e. The molecule has 148 valence electrons. The van der Waals surface area contributed by atoms with E-state index in [-0.39, 0.29) is 0 Å². The third-order valence-corrected chi connectivity index (χ3v) is 5.23. The van der Waals surface area contributed by atoms with Crippen LogP contribution in [0.15, 0.2) is 94.5 Å². The van der Waals surface area contributed by atoms with E-state index in [0.29, 0.717) is 11.6 Å². The molecule has 3 aromatic carbocycles. The molecule has 1 aromatic heterocycles. The Morgan fingerprint density at radius 1 is 0.833 bits per heavy atom. The van der Waals surface area contributed by atoms with Crippen molar-refractivity contribution in [3.63, 3.8) is 0 Å². The Labute approximate surface area is 184 Å². The highest BCUT2D eigenvalue weighted by Crippen LogP contribution is 2.25. The van der Waals surface area contributed by atoms with E-state index in [2.05, 4.69) is 57.6 Å². The van der Waals surface area contributed by atoms with Crippen molar-refractivity contribution in [3.05, 3.63) is 101 Å². The first kappa shape index (κ1) is 20.0. The van der Waals surface area contributed by atoms with Crippen LogP contribution in [-0.2, 0) is 0 Å². The maximum absolute atomic E-state index is 4.78. The summed E-state index contributed by atoms with van der Waals surface area (Å²) >= 11 is 3.48. The highest BCUT2D eigenvalue weighted by atomic mass is 79.9. The van der Waals surface area contributed by atoms with Crippen LogP contribution >= 0.6 is 15.9 Å². The number of rotatable bonds is 5. The Hall–Kier alpha value is -3.31. The summed E-state index contributed by atoms with van der Waals surface area (Å²) in [4.78, 5) is 9.48. The lowest BCUT2D eigenvalue weighted by Gasteiger charge is -2.09. The molecule has 0 aliphatic carbocycles. The van der Waals surface area contributed by atoms with Gasteiger partial charge in [0.25, 0.3) is 0 Å². The Morgan fingerprint density at radius 3 is 2.23 bits per heavy atom. The van der Waals surface area contributed by atoms with Gasteiger partial charge in [0, 0.05) is 21.7 Å². The quantitative estimate of drug-likeness (QED) is 0.267. The zero-order valence-electron chi connectivity index (χ0n) is 16.8. The fourth-order valence-corrected chi connectivity index (χ4v) is 3.25. The van der Waals surface area contributed by atoms with Crippen LogP contribution in [0.1, 0.15) is 18.1 Å². The van der Waals surface area contributed by atoms with Gasteiger partial charge in [-0.2, -0.15) is 5.10 Å². The normalized spacial score (nSPS) is 11.4. The number of benzene rings is 3. The molecule has 4 nitrogen and oxygen atoms in total. The second-order valence-corrected chi connectivity index (χ2v) is 7.93. The van der Waals surface area contributed by atoms with E-state index in [1.54, 1.807) is 0 Å². The maximum atomic E-state index is 4.78. The van der Waals surface area contributed by atoms with Crippen molar-refractivity contribution in [2.24, 2.45) is 5.10 Å². The summed E-state index contributed by atoms with van der Waals surface area (Å²) in [5, 5.41) is 4.55. The van der Waals surface area contributed by atoms with Gasteiger partial charge in [-0.25, -0.2) is 9.97 Å². The molecular formula is C25H21BrN4. The van der Waals surface area contributed by atoms with Crippen LogP contribution in [0.2, 0.25) is 0 Å². The molecule has 1 N–H and O–H groups in total. The van der Waals surface area contributed by atoms with Crippen molar-refractivity contribution in [2.75, 3.05) is 5.43 Å². The predicted molar refractivity (Wildman–Crippen MR) is 128 cm³/mol. The van der Waals surface area contributed by atoms with Crippen LogP contribution in [0, 0.1) is 6.92 Å². The number of halogens is 1. The van der Waals surface area contributed by atoms with E-state index in [4.69, 9.17) is 9.97 Å². The van der Waals surface area contributed by atoms with Crippen molar-refractivity contribution in [2.45, 2.75) is 13.8 Å². The number of aryl methyl sites for hydroxylation is 1. The standard InChI is InChI=1S/C25H21BrN4/c1-17-8-10-19(11-9-17)18(2)29-30-24-16-23(20-6-4-3-5-7-20)27-25(28-24)21-12-14-22(26)15-13-21/h3-16H,1-2H3,(H,27,28,30)/b29-18-. The summed E-state index contributed by atoms with van der Waals surface area (Å²) in [6.45, 7) is 4.05. The molecule has 0 radical (unpaired) electrons. The molecule has 5 heteroatoms. The first-order chi connectivity index (χ1) is 14.6. The molecule has 1 heterocycles. The van der Waals surface area contributed by atoms with E-state index in [1.807, 2.05) is 67.6 Å². The summed E-state index contributed by atoms with van der Waals surface area (Å²) < 4.78 is 1.02. The summed E-state index contributed by atoms with van der Waals surface area (Å²) in [6.07, 6.45) is 0. The number of nitrogens with zero attached hydrogens (tertiary/aromatic N) is 3. The first-order valence-electron chi connectivity index (χ1n) is 9.66. The van der Waals surface area contributed by atoms with Crippen LogP contribution in [0.4, 0.5) is 5.82 Å². The van der Waals surface area contributed by atoms with Gasteiger partial charge in [-0.1, -0.05) is 88.2 Å². The molecule has 4 aromatic rings. The number of hydrazone groups is 1. The van der Waals surface area contributed by atoms with Crippen molar-refractivity contribution >= 4 is 27.5 Å². The molecule has 0 unspecified atom stereocenters. The summed E-state index contributed by atoms with van der Waals surface area (Å²) in [6, 6.07) is 28.3. The van der Waals surface area contributed by atoms with Crippen molar-refractivity contribution in [1.29, 1.82) is 0 Å². The minimum atomic E-state index is 0.647. The highest BCUT2D eigenvalue weighted by molar-refractivity contribution is 9.10.